The number of methoxy groups -OCH3 is 2. The van der Waals surface area contributed by atoms with E-state index in [-0.39, 0.29) is 17.8 Å². The minimum atomic E-state index is -0.744. The standard InChI is InChI=1S/C22H23BrN2O4/c1-28-17-9-7-15(8-10-17)14-25(21(26)12-23)20(22(27)29-2)11-16-13-24-19-6-4-3-5-18(16)19/h3-10,13,20,24H,11-12,14H2,1-2H3/t20-/m0/s1. The number of carbonyl (C=O) groups is 2. The Hall–Kier alpha value is -2.80. The van der Waals surface area contributed by atoms with Crippen LogP contribution in [0.25, 0.3) is 10.9 Å². The van der Waals surface area contributed by atoms with Crippen molar-refractivity contribution in [2.45, 2.75) is 19.0 Å². The van der Waals surface area contributed by atoms with Gasteiger partial charge in [0.05, 0.1) is 19.5 Å². The van der Waals surface area contributed by atoms with Crippen molar-refractivity contribution in [1.82, 2.24) is 9.88 Å². The molecular formula is C22H23BrN2O4. The maximum atomic E-state index is 12.7. The molecule has 1 aromatic heterocycles. The van der Waals surface area contributed by atoms with Crippen LogP contribution < -0.4 is 4.74 Å². The van der Waals surface area contributed by atoms with Gasteiger partial charge in [0.25, 0.3) is 0 Å². The lowest BCUT2D eigenvalue weighted by Crippen LogP contribution is -2.47. The van der Waals surface area contributed by atoms with Crippen molar-refractivity contribution in [1.29, 1.82) is 0 Å². The van der Waals surface area contributed by atoms with Crippen molar-refractivity contribution < 1.29 is 19.1 Å². The maximum absolute atomic E-state index is 12.7. The van der Waals surface area contributed by atoms with Crippen molar-refractivity contribution >= 4 is 38.7 Å². The van der Waals surface area contributed by atoms with Crippen LogP contribution in [0.15, 0.2) is 54.7 Å². The molecule has 0 spiro atoms. The van der Waals surface area contributed by atoms with Crippen molar-refractivity contribution in [3.63, 3.8) is 0 Å². The minimum absolute atomic E-state index is 0.116. The molecule has 0 aliphatic rings. The molecule has 29 heavy (non-hydrogen) atoms. The van der Waals surface area contributed by atoms with Crippen LogP contribution in [0.4, 0.5) is 0 Å². The highest BCUT2D eigenvalue weighted by Gasteiger charge is 2.31. The van der Waals surface area contributed by atoms with E-state index in [0.29, 0.717) is 6.42 Å². The number of fused-ring (bicyclic) bond motifs is 1. The summed E-state index contributed by atoms with van der Waals surface area (Å²) in [5, 5.41) is 1.14. The number of halogens is 1. The molecule has 0 bridgehead atoms. The monoisotopic (exact) mass is 458 g/mol. The number of amides is 1. The lowest BCUT2D eigenvalue weighted by atomic mass is 10.0. The SMILES string of the molecule is COC(=O)[C@H](Cc1c[nH]c2ccccc12)N(Cc1ccc(OC)cc1)C(=O)CBr. The predicted molar refractivity (Wildman–Crippen MR) is 115 cm³/mol. The molecule has 0 saturated carbocycles. The summed E-state index contributed by atoms with van der Waals surface area (Å²) in [5.74, 6) is 0.101. The van der Waals surface area contributed by atoms with Gasteiger partial charge in [-0.25, -0.2) is 4.79 Å². The fourth-order valence-electron chi connectivity index (χ4n) is 3.34. The van der Waals surface area contributed by atoms with Gasteiger partial charge in [0.1, 0.15) is 11.8 Å². The second-order valence-corrected chi connectivity index (χ2v) is 7.17. The van der Waals surface area contributed by atoms with Gasteiger partial charge in [0, 0.05) is 30.1 Å². The zero-order chi connectivity index (χ0) is 20.8. The number of hydrogen-bond donors (Lipinski definition) is 1. The number of nitrogens with one attached hydrogen (secondary N) is 1. The van der Waals surface area contributed by atoms with Gasteiger partial charge in [-0.3, -0.25) is 4.79 Å². The van der Waals surface area contributed by atoms with E-state index in [1.165, 1.54) is 7.11 Å². The Morgan fingerprint density at radius 1 is 1.10 bits per heavy atom. The summed E-state index contributed by atoms with van der Waals surface area (Å²) in [7, 11) is 2.94. The Bertz CT molecular complexity index is 984. The third-order valence-electron chi connectivity index (χ3n) is 4.88. The average molecular weight is 459 g/mol. The summed E-state index contributed by atoms with van der Waals surface area (Å²) in [6.45, 7) is 0.288. The third kappa shape index (κ3) is 4.79. The van der Waals surface area contributed by atoms with E-state index in [0.717, 1.165) is 27.8 Å². The Kier molecular flexibility index (Phi) is 6.93. The minimum Gasteiger partial charge on any atom is -0.497 e. The van der Waals surface area contributed by atoms with Gasteiger partial charge in [0.15, 0.2) is 0 Å². The number of para-hydroxylation sites is 1. The van der Waals surface area contributed by atoms with Gasteiger partial charge in [-0.2, -0.15) is 0 Å². The van der Waals surface area contributed by atoms with E-state index >= 15 is 0 Å². The van der Waals surface area contributed by atoms with Crippen LogP contribution >= 0.6 is 15.9 Å². The second kappa shape index (κ2) is 9.60. The largest absolute Gasteiger partial charge is 0.497 e. The van der Waals surface area contributed by atoms with Gasteiger partial charge >= 0.3 is 5.97 Å². The molecule has 0 aliphatic carbocycles. The Morgan fingerprint density at radius 2 is 1.83 bits per heavy atom. The smallest absolute Gasteiger partial charge is 0.328 e. The number of rotatable bonds is 8. The van der Waals surface area contributed by atoms with Crippen molar-refractivity contribution in [2.24, 2.45) is 0 Å². The number of aromatic nitrogens is 1. The topological polar surface area (TPSA) is 71.6 Å². The Balaban J connectivity index is 1.92. The van der Waals surface area contributed by atoms with Crippen molar-refractivity contribution in [2.75, 3.05) is 19.5 Å². The molecule has 0 radical (unpaired) electrons. The first-order valence-electron chi connectivity index (χ1n) is 9.18. The third-order valence-corrected chi connectivity index (χ3v) is 5.36. The number of H-pyrrole nitrogens is 1. The highest BCUT2D eigenvalue weighted by atomic mass is 79.9. The van der Waals surface area contributed by atoms with Crippen LogP contribution in [0.5, 0.6) is 5.75 Å². The van der Waals surface area contributed by atoms with Gasteiger partial charge in [0.2, 0.25) is 5.91 Å². The number of benzene rings is 2. The van der Waals surface area contributed by atoms with Gasteiger partial charge in [-0.1, -0.05) is 46.3 Å². The first-order valence-corrected chi connectivity index (χ1v) is 10.3. The first-order chi connectivity index (χ1) is 14.1. The molecule has 0 saturated heterocycles. The summed E-state index contributed by atoms with van der Waals surface area (Å²) in [6.07, 6.45) is 2.23. The second-order valence-electron chi connectivity index (χ2n) is 6.61. The first kappa shape index (κ1) is 20.9. The molecule has 1 heterocycles. The van der Waals surface area contributed by atoms with Crippen LogP contribution in [-0.4, -0.2) is 47.4 Å². The maximum Gasteiger partial charge on any atom is 0.328 e. The normalized spacial score (nSPS) is 11.8. The quantitative estimate of drug-likeness (QED) is 0.412. The molecule has 6 nitrogen and oxygen atoms in total. The number of nitrogens with zero attached hydrogens (tertiary/aromatic N) is 1. The van der Waals surface area contributed by atoms with E-state index in [4.69, 9.17) is 9.47 Å². The van der Waals surface area contributed by atoms with Crippen LogP contribution in [0.1, 0.15) is 11.1 Å². The average Bonchev–Trinajstić information content (AvgIpc) is 3.18. The molecule has 0 fully saturated rings. The molecule has 152 valence electrons. The number of hydrogen-bond acceptors (Lipinski definition) is 4. The van der Waals surface area contributed by atoms with Crippen LogP contribution in [-0.2, 0) is 27.3 Å². The molecule has 7 heteroatoms. The van der Waals surface area contributed by atoms with Crippen molar-refractivity contribution in [3.05, 3.63) is 65.9 Å². The number of esters is 1. The fraction of sp³-hybridized carbons (Fsp3) is 0.273. The summed E-state index contributed by atoms with van der Waals surface area (Å²) < 4.78 is 10.2. The summed E-state index contributed by atoms with van der Waals surface area (Å²) >= 11 is 3.24. The molecular weight excluding hydrogens is 436 g/mol. The van der Waals surface area contributed by atoms with Gasteiger partial charge in [-0.15, -0.1) is 0 Å². The summed E-state index contributed by atoms with van der Waals surface area (Å²) in [6, 6.07) is 14.6. The molecule has 1 amide bonds. The Labute approximate surface area is 177 Å². The van der Waals surface area contributed by atoms with E-state index in [1.54, 1.807) is 12.0 Å². The van der Waals surface area contributed by atoms with E-state index in [9.17, 15) is 9.59 Å². The zero-order valence-corrected chi connectivity index (χ0v) is 17.9. The lowest BCUT2D eigenvalue weighted by molar-refractivity contribution is -0.152. The molecule has 3 aromatic rings. The molecule has 3 rings (SSSR count). The molecule has 2 aromatic carbocycles. The molecule has 1 N–H and O–H groups in total. The van der Waals surface area contributed by atoms with Crippen LogP contribution in [0, 0.1) is 0 Å². The van der Waals surface area contributed by atoms with Gasteiger partial charge in [-0.05, 0) is 29.3 Å². The molecule has 0 unspecified atom stereocenters. The highest BCUT2D eigenvalue weighted by Crippen LogP contribution is 2.23. The number of ether oxygens (including phenoxy) is 2. The molecule has 0 aliphatic heterocycles. The zero-order valence-electron chi connectivity index (χ0n) is 16.4. The Morgan fingerprint density at radius 3 is 2.48 bits per heavy atom. The van der Waals surface area contributed by atoms with Crippen molar-refractivity contribution in [3.8, 4) is 5.75 Å². The van der Waals surface area contributed by atoms with Crippen LogP contribution in [0.3, 0.4) is 0 Å². The summed E-state index contributed by atoms with van der Waals surface area (Å²) in [4.78, 5) is 30.2. The fourth-order valence-corrected chi connectivity index (χ4v) is 3.66. The van der Waals surface area contributed by atoms with Crippen LogP contribution in [0.2, 0.25) is 0 Å². The number of alkyl halides is 1. The predicted octanol–water partition coefficient (Wildman–Crippen LogP) is 3.68. The lowest BCUT2D eigenvalue weighted by Gasteiger charge is -2.30. The van der Waals surface area contributed by atoms with E-state index in [1.807, 2.05) is 54.7 Å². The number of aromatic amines is 1. The van der Waals surface area contributed by atoms with E-state index in [2.05, 4.69) is 20.9 Å². The summed E-state index contributed by atoms with van der Waals surface area (Å²) in [5.41, 5.74) is 2.84. The number of carbonyl (C=O) groups excluding carboxylic acids is 2. The highest BCUT2D eigenvalue weighted by molar-refractivity contribution is 9.09. The van der Waals surface area contributed by atoms with Gasteiger partial charge < -0.3 is 19.4 Å². The van der Waals surface area contributed by atoms with E-state index < -0.39 is 12.0 Å². The molecule has 1 atom stereocenters.